The molecule has 11 atom stereocenters. The molecule has 2 bridgehead atoms. The van der Waals surface area contributed by atoms with E-state index in [0.717, 1.165) is 64.6 Å². The molecule has 0 radical (unpaired) electrons. The average molecular weight is 601 g/mol. The highest BCUT2D eigenvalue weighted by atomic mass is 32.2. The van der Waals surface area contributed by atoms with Crippen LogP contribution in [0, 0.1) is 45.8 Å². The summed E-state index contributed by atoms with van der Waals surface area (Å²) in [6, 6.07) is 0.00255. The summed E-state index contributed by atoms with van der Waals surface area (Å²) in [6.45, 7) is 15.4. The number of nitrogens with zero attached hydrogens (tertiary/aromatic N) is 1. The van der Waals surface area contributed by atoms with Crippen LogP contribution < -0.4 is 5.32 Å². The zero-order valence-corrected chi connectivity index (χ0v) is 26.9. The van der Waals surface area contributed by atoms with E-state index in [4.69, 9.17) is 4.74 Å². The van der Waals surface area contributed by atoms with Crippen molar-refractivity contribution in [1.29, 1.82) is 0 Å². The van der Waals surface area contributed by atoms with Crippen LogP contribution in [0.5, 0.6) is 0 Å². The summed E-state index contributed by atoms with van der Waals surface area (Å²) in [5.74, 6) is 1.70. The molecule has 2 unspecified atom stereocenters. The summed E-state index contributed by atoms with van der Waals surface area (Å²) in [7, 11) is 0. The number of ketones is 1. The molecule has 2 aliphatic heterocycles. The van der Waals surface area contributed by atoms with Gasteiger partial charge in [0.1, 0.15) is 11.9 Å². The molecule has 6 aliphatic rings. The minimum absolute atomic E-state index is 0.00255. The predicted molar refractivity (Wildman–Crippen MR) is 165 cm³/mol. The lowest BCUT2D eigenvalue weighted by Crippen LogP contribution is -2.63. The molecule has 0 aromatic rings. The number of aliphatic hydroxyl groups is 1. The van der Waals surface area contributed by atoms with Gasteiger partial charge < -0.3 is 20.1 Å². The van der Waals surface area contributed by atoms with E-state index in [1.165, 1.54) is 0 Å². The van der Waals surface area contributed by atoms with E-state index in [1.807, 2.05) is 13.0 Å². The Morgan fingerprint density at radius 3 is 2.52 bits per heavy atom. The molecule has 0 spiro atoms. The number of carbonyl (C=O) groups is 3. The van der Waals surface area contributed by atoms with Gasteiger partial charge in [-0.1, -0.05) is 33.8 Å². The van der Waals surface area contributed by atoms with Crippen LogP contribution in [0.2, 0.25) is 0 Å². The molecule has 1 amide bonds. The fraction of sp³-hybridized carbons (Fsp3) is 0.853. The number of ether oxygens (including phenoxy) is 1. The van der Waals surface area contributed by atoms with E-state index in [-0.39, 0.29) is 46.9 Å². The number of carbonyl (C=O) groups excluding carboxylic acids is 3. The van der Waals surface area contributed by atoms with Crippen LogP contribution in [0.15, 0.2) is 12.7 Å². The van der Waals surface area contributed by atoms with Gasteiger partial charge in [0, 0.05) is 41.5 Å². The van der Waals surface area contributed by atoms with Gasteiger partial charge in [0.25, 0.3) is 0 Å². The number of nitrogens with one attached hydrogen (secondary N) is 1. The van der Waals surface area contributed by atoms with E-state index in [9.17, 15) is 19.5 Å². The highest BCUT2D eigenvalue weighted by Gasteiger charge is 2.68. The van der Waals surface area contributed by atoms with Gasteiger partial charge in [0.2, 0.25) is 5.91 Å². The Balaban J connectivity index is 1.12. The van der Waals surface area contributed by atoms with Gasteiger partial charge in [-0.25, -0.2) is 0 Å². The van der Waals surface area contributed by atoms with E-state index in [2.05, 4.69) is 37.6 Å². The van der Waals surface area contributed by atoms with Crippen LogP contribution in [0.3, 0.4) is 0 Å². The lowest BCUT2D eigenvalue weighted by molar-refractivity contribution is -0.205. The zero-order valence-electron chi connectivity index (χ0n) is 26.1. The van der Waals surface area contributed by atoms with Gasteiger partial charge in [-0.2, -0.15) is 0 Å². The van der Waals surface area contributed by atoms with E-state index in [0.29, 0.717) is 35.7 Å². The molecule has 8 heteroatoms. The number of rotatable bonds is 6. The van der Waals surface area contributed by atoms with Crippen LogP contribution in [0.25, 0.3) is 0 Å². The largest absolute Gasteiger partial charge is 0.461 e. The number of esters is 1. The van der Waals surface area contributed by atoms with Crippen molar-refractivity contribution in [3.63, 3.8) is 0 Å². The van der Waals surface area contributed by atoms with Crippen LogP contribution in [-0.2, 0) is 19.1 Å². The summed E-state index contributed by atoms with van der Waals surface area (Å²) in [6.07, 6.45) is 8.62. The Hall–Kier alpha value is -1.38. The average Bonchev–Trinajstić information content (AvgIpc) is 3.76. The molecule has 6 fully saturated rings. The quantitative estimate of drug-likeness (QED) is 0.340. The molecule has 0 aromatic carbocycles. The van der Waals surface area contributed by atoms with Crippen molar-refractivity contribution in [2.45, 2.75) is 109 Å². The second-order valence-corrected chi connectivity index (χ2v) is 16.7. The van der Waals surface area contributed by atoms with Crippen LogP contribution in [0.4, 0.5) is 0 Å². The van der Waals surface area contributed by atoms with Crippen LogP contribution in [0.1, 0.15) is 85.5 Å². The third-order valence-electron chi connectivity index (χ3n) is 13.4. The summed E-state index contributed by atoms with van der Waals surface area (Å²) < 4.78 is 6.45. The Morgan fingerprint density at radius 1 is 1.17 bits per heavy atom. The van der Waals surface area contributed by atoms with Gasteiger partial charge in [0.15, 0.2) is 0 Å². The molecule has 6 rings (SSSR count). The van der Waals surface area contributed by atoms with Gasteiger partial charge in [-0.3, -0.25) is 14.4 Å². The summed E-state index contributed by atoms with van der Waals surface area (Å²) >= 11 is 1.70. The standard InChI is InChI=1S/C34H52N2O5S/c1-6-32(4)16-27(33(5)20(2)9-11-34(21(3)30(32)39)12-10-26(37)29(33)34)41-28(38)19-42-24-14-22-17-36(18-23(22)15-24)31(40)25-8-7-13-35-25/h6,20-25,27,29-30,35,39H,1,7-19H2,2-5H3/t20-,21+,22?,23?,24?,25-,27-,29+,30+,32-,33+,34+/m1/s1. The number of aliphatic hydroxyl groups excluding tert-OH is 1. The summed E-state index contributed by atoms with van der Waals surface area (Å²) in [4.78, 5) is 42.1. The number of amides is 1. The van der Waals surface area contributed by atoms with Crippen molar-refractivity contribution >= 4 is 29.4 Å². The third-order valence-corrected chi connectivity index (χ3v) is 14.6. The smallest absolute Gasteiger partial charge is 0.316 e. The van der Waals surface area contributed by atoms with Gasteiger partial charge in [-0.05, 0) is 87.0 Å². The Bertz CT molecular complexity index is 1100. The normalized spacial score (nSPS) is 48.4. The van der Waals surface area contributed by atoms with Crippen molar-refractivity contribution in [3.05, 3.63) is 12.7 Å². The first-order chi connectivity index (χ1) is 19.9. The van der Waals surface area contributed by atoms with Crippen molar-refractivity contribution < 1.29 is 24.2 Å². The highest BCUT2D eigenvalue weighted by Crippen LogP contribution is 2.68. The molecule has 2 saturated heterocycles. The minimum atomic E-state index is -0.647. The number of thioether (sulfide) groups is 1. The maximum Gasteiger partial charge on any atom is 0.316 e. The molecule has 7 nitrogen and oxygen atoms in total. The lowest BCUT2D eigenvalue weighted by atomic mass is 9.44. The van der Waals surface area contributed by atoms with E-state index in [1.54, 1.807) is 11.8 Å². The first kappa shape index (κ1) is 30.6. The molecule has 2 heterocycles. The summed E-state index contributed by atoms with van der Waals surface area (Å²) in [5, 5.41) is 15.5. The molecule has 0 aromatic heterocycles. The van der Waals surface area contributed by atoms with Crippen LogP contribution in [-0.4, -0.2) is 76.6 Å². The maximum absolute atomic E-state index is 13.6. The number of hydrogen-bond acceptors (Lipinski definition) is 7. The lowest BCUT2D eigenvalue weighted by Gasteiger charge is -2.61. The Kier molecular flexibility index (Phi) is 8.17. The van der Waals surface area contributed by atoms with Crippen molar-refractivity contribution in [1.82, 2.24) is 10.2 Å². The third kappa shape index (κ3) is 4.81. The van der Waals surface area contributed by atoms with Crippen molar-refractivity contribution in [2.75, 3.05) is 25.4 Å². The zero-order chi connectivity index (χ0) is 30.0. The van der Waals surface area contributed by atoms with Crippen molar-refractivity contribution in [3.8, 4) is 0 Å². The molecular formula is C34H52N2O5S. The number of hydrogen-bond donors (Lipinski definition) is 2. The Labute approximate surface area is 256 Å². The summed E-state index contributed by atoms with van der Waals surface area (Å²) in [5.41, 5.74) is -1.34. The Morgan fingerprint density at radius 2 is 1.88 bits per heavy atom. The number of likely N-dealkylation sites (tertiary alicyclic amines) is 1. The molecular weight excluding hydrogens is 548 g/mol. The van der Waals surface area contributed by atoms with Crippen LogP contribution >= 0.6 is 11.8 Å². The van der Waals surface area contributed by atoms with E-state index < -0.39 is 23.0 Å². The highest BCUT2D eigenvalue weighted by molar-refractivity contribution is 8.00. The predicted octanol–water partition coefficient (Wildman–Crippen LogP) is 4.62. The first-order valence-electron chi connectivity index (χ1n) is 16.6. The molecule has 4 saturated carbocycles. The molecule has 4 aliphatic carbocycles. The fourth-order valence-electron chi connectivity index (χ4n) is 10.6. The fourth-order valence-corrected chi connectivity index (χ4v) is 11.8. The van der Waals surface area contributed by atoms with E-state index >= 15 is 0 Å². The maximum atomic E-state index is 13.6. The molecule has 2 N–H and O–H groups in total. The van der Waals surface area contributed by atoms with Gasteiger partial charge in [0.05, 0.1) is 17.9 Å². The van der Waals surface area contributed by atoms with Gasteiger partial charge in [-0.15, -0.1) is 18.3 Å². The topological polar surface area (TPSA) is 95.9 Å². The second-order valence-electron chi connectivity index (χ2n) is 15.4. The molecule has 42 heavy (non-hydrogen) atoms. The first-order valence-corrected chi connectivity index (χ1v) is 17.7. The monoisotopic (exact) mass is 600 g/mol. The number of fused-ring (bicyclic) bond motifs is 1. The van der Waals surface area contributed by atoms with Crippen molar-refractivity contribution in [2.24, 2.45) is 45.8 Å². The SMILES string of the molecule is C=C[C@]1(C)C[C@@H](OC(=O)CSC2CC3CN(C(=O)[C@H]4CCCN4)CC3C2)[C@]2(C)[C@H](C)CC[C@]3(CCC(=O)[C@H]32)[C@@H](C)[C@@H]1O. The minimum Gasteiger partial charge on any atom is -0.461 e. The molecule has 234 valence electrons. The second kappa shape index (κ2) is 11.2. The number of Topliss-reactive ketones (excluding diaryl/α,β-unsaturated/α-hetero) is 1. The van der Waals surface area contributed by atoms with Gasteiger partial charge >= 0.3 is 5.97 Å².